The second kappa shape index (κ2) is 8.87. The van der Waals surface area contributed by atoms with E-state index >= 15 is 0 Å². The minimum absolute atomic E-state index is 0.0503. The number of nitrogens with one attached hydrogen (secondary N) is 2. The first-order valence-corrected chi connectivity index (χ1v) is 8.84. The molecule has 29 heavy (non-hydrogen) atoms. The summed E-state index contributed by atoms with van der Waals surface area (Å²) in [6, 6.07) is 18.3. The minimum atomic E-state index is -4.50. The van der Waals surface area contributed by atoms with Gasteiger partial charge in [-0.3, -0.25) is 10.1 Å². The van der Waals surface area contributed by atoms with E-state index in [0.717, 1.165) is 17.7 Å². The number of alkyl halides is 3. The number of benzene rings is 3. The first-order chi connectivity index (χ1) is 13.8. The SMILES string of the molecule is O=C(Nc1cccc(C(F)(F)F)c1)[C@@H](NCc1ccc(F)cc1)c1ccccc1. The van der Waals surface area contributed by atoms with Crippen LogP contribution in [0.4, 0.5) is 23.2 Å². The summed E-state index contributed by atoms with van der Waals surface area (Å²) in [7, 11) is 0. The molecule has 0 saturated carbocycles. The van der Waals surface area contributed by atoms with Gasteiger partial charge in [-0.25, -0.2) is 4.39 Å². The van der Waals surface area contributed by atoms with Crippen LogP contribution in [0, 0.1) is 5.82 Å². The van der Waals surface area contributed by atoms with Gasteiger partial charge in [0, 0.05) is 12.2 Å². The number of hydrogen-bond acceptors (Lipinski definition) is 2. The molecule has 0 heterocycles. The highest BCUT2D eigenvalue weighted by molar-refractivity contribution is 5.95. The quantitative estimate of drug-likeness (QED) is 0.549. The second-order valence-electron chi connectivity index (χ2n) is 6.42. The zero-order valence-corrected chi connectivity index (χ0v) is 15.2. The predicted molar refractivity (Wildman–Crippen MR) is 102 cm³/mol. The molecule has 0 aliphatic carbocycles. The van der Waals surface area contributed by atoms with Crippen LogP contribution in [0.1, 0.15) is 22.7 Å². The van der Waals surface area contributed by atoms with E-state index in [2.05, 4.69) is 10.6 Å². The van der Waals surface area contributed by atoms with Gasteiger partial charge in [-0.05, 0) is 41.5 Å². The number of halogens is 4. The third kappa shape index (κ3) is 5.65. The zero-order valence-electron chi connectivity index (χ0n) is 15.2. The van der Waals surface area contributed by atoms with Gasteiger partial charge in [-0.2, -0.15) is 13.2 Å². The molecule has 0 aliphatic rings. The number of amides is 1. The lowest BCUT2D eigenvalue weighted by Crippen LogP contribution is -2.32. The summed E-state index contributed by atoms with van der Waals surface area (Å²) in [5.41, 5.74) is 0.624. The lowest BCUT2D eigenvalue weighted by Gasteiger charge is -2.19. The number of anilines is 1. The fraction of sp³-hybridized carbons (Fsp3) is 0.136. The monoisotopic (exact) mass is 402 g/mol. The first kappa shape index (κ1) is 20.5. The van der Waals surface area contributed by atoms with Crippen molar-refractivity contribution in [1.29, 1.82) is 0 Å². The van der Waals surface area contributed by atoms with Crippen LogP contribution in [0.5, 0.6) is 0 Å². The van der Waals surface area contributed by atoms with E-state index < -0.39 is 23.7 Å². The number of rotatable bonds is 6. The Morgan fingerprint density at radius 1 is 0.897 bits per heavy atom. The highest BCUT2D eigenvalue weighted by Gasteiger charge is 2.30. The molecule has 0 unspecified atom stereocenters. The van der Waals surface area contributed by atoms with Gasteiger partial charge < -0.3 is 5.32 Å². The lowest BCUT2D eigenvalue weighted by atomic mass is 10.1. The molecule has 7 heteroatoms. The summed E-state index contributed by atoms with van der Waals surface area (Å²) in [5, 5.41) is 5.62. The molecule has 1 atom stereocenters. The van der Waals surface area contributed by atoms with Crippen LogP contribution in [0.2, 0.25) is 0 Å². The summed E-state index contributed by atoms with van der Waals surface area (Å²) in [5.74, 6) is -0.867. The average molecular weight is 402 g/mol. The third-order valence-corrected chi connectivity index (χ3v) is 4.28. The van der Waals surface area contributed by atoms with E-state index in [4.69, 9.17) is 0 Å². The molecule has 0 fully saturated rings. The van der Waals surface area contributed by atoms with Crippen molar-refractivity contribution in [2.75, 3.05) is 5.32 Å². The Hall–Kier alpha value is -3.19. The van der Waals surface area contributed by atoms with Crippen LogP contribution < -0.4 is 10.6 Å². The molecule has 1 amide bonds. The zero-order chi connectivity index (χ0) is 20.9. The van der Waals surface area contributed by atoms with Crippen molar-refractivity contribution < 1.29 is 22.4 Å². The Morgan fingerprint density at radius 3 is 2.24 bits per heavy atom. The molecular formula is C22H18F4N2O. The molecule has 0 bridgehead atoms. The molecule has 2 N–H and O–H groups in total. The Morgan fingerprint density at radius 2 is 1.59 bits per heavy atom. The third-order valence-electron chi connectivity index (χ3n) is 4.28. The summed E-state index contributed by atoms with van der Waals surface area (Å²) in [6.45, 7) is 0.274. The van der Waals surface area contributed by atoms with E-state index in [1.54, 1.807) is 42.5 Å². The molecule has 150 valence electrons. The van der Waals surface area contributed by atoms with Crippen molar-refractivity contribution in [3.63, 3.8) is 0 Å². The van der Waals surface area contributed by atoms with Crippen LogP contribution in [0.25, 0.3) is 0 Å². The molecule has 3 rings (SSSR count). The van der Waals surface area contributed by atoms with Crippen LogP contribution >= 0.6 is 0 Å². The molecule has 3 aromatic rings. The largest absolute Gasteiger partial charge is 0.416 e. The van der Waals surface area contributed by atoms with Gasteiger partial charge in [0.2, 0.25) is 5.91 Å². The number of hydrogen-bond donors (Lipinski definition) is 2. The molecule has 3 nitrogen and oxygen atoms in total. The van der Waals surface area contributed by atoms with Gasteiger partial charge in [-0.1, -0.05) is 48.5 Å². The van der Waals surface area contributed by atoms with E-state index in [1.165, 1.54) is 24.3 Å². The Kier molecular flexibility index (Phi) is 6.29. The summed E-state index contributed by atoms with van der Waals surface area (Å²) >= 11 is 0. The molecule has 0 spiro atoms. The molecular weight excluding hydrogens is 384 g/mol. The lowest BCUT2D eigenvalue weighted by molar-refractivity contribution is -0.137. The van der Waals surface area contributed by atoms with Crippen molar-refractivity contribution in [3.05, 3.63) is 101 Å². The Labute approximate surface area is 165 Å². The van der Waals surface area contributed by atoms with E-state index in [9.17, 15) is 22.4 Å². The maximum Gasteiger partial charge on any atom is 0.416 e. The molecule has 0 radical (unpaired) electrons. The number of carbonyl (C=O) groups excluding carboxylic acids is 1. The topological polar surface area (TPSA) is 41.1 Å². The maximum absolute atomic E-state index is 13.1. The molecule has 0 saturated heterocycles. The summed E-state index contributed by atoms with van der Waals surface area (Å²) in [6.07, 6.45) is -4.50. The highest BCUT2D eigenvalue weighted by Crippen LogP contribution is 2.31. The standard InChI is InChI=1S/C22H18F4N2O/c23-18-11-9-15(10-12-18)14-27-20(16-5-2-1-3-6-16)21(29)28-19-8-4-7-17(13-19)22(24,25)26/h1-13,20,27H,14H2,(H,28,29)/t20-/m0/s1. The predicted octanol–water partition coefficient (Wildman–Crippen LogP) is 5.31. The van der Waals surface area contributed by atoms with E-state index in [1.807, 2.05) is 0 Å². The van der Waals surface area contributed by atoms with E-state index in [-0.39, 0.29) is 18.0 Å². The van der Waals surface area contributed by atoms with Crippen molar-refractivity contribution in [2.24, 2.45) is 0 Å². The fourth-order valence-corrected chi connectivity index (χ4v) is 2.82. The maximum atomic E-state index is 13.1. The smallest absolute Gasteiger partial charge is 0.324 e. The van der Waals surface area contributed by atoms with Crippen LogP contribution in [-0.4, -0.2) is 5.91 Å². The van der Waals surface area contributed by atoms with Crippen molar-refractivity contribution in [3.8, 4) is 0 Å². The summed E-state index contributed by atoms with van der Waals surface area (Å²) < 4.78 is 51.8. The number of carbonyl (C=O) groups is 1. The minimum Gasteiger partial charge on any atom is -0.324 e. The van der Waals surface area contributed by atoms with Gasteiger partial charge >= 0.3 is 6.18 Å². The Balaban J connectivity index is 1.78. The van der Waals surface area contributed by atoms with Gasteiger partial charge in [0.15, 0.2) is 0 Å². The average Bonchev–Trinajstić information content (AvgIpc) is 2.70. The van der Waals surface area contributed by atoms with Crippen LogP contribution in [0.15, 0.2) is 78.9 Å². The van der Waals surface area contributed by atoms with Crippen molar-refractivity contribution >= 4 is 11.6 Å². The van der Waals surface area contributed by atoms with Crippen molar-refractivity contribution in [1.82, 2.24) is 5.32 Å². The molecule has 0 aromatic heterocycles. The second-order valence-corrected chi connectivity index (χ2v) is 6.42. The highest BCUT2D eigenvalue weighted by atomic mass is 19.4. The van der Waals surface area contributed by atoms with Crippen LogP contribution in [0.3, 0.4) is 0 Å². The van der Waals surface area contributed by atoms with E-state index in [0.29, 0.717) is 5.56 Å². The summed E-state index contributed by atoms with van der Waals surface area (Å²) in [4.78, 5) is 12.8. The molecule has 3 aromatic carbocycles. The first-order valence-electron chi connectivity index (χ1n) is 8.84. The van der Waals surface area contributed by atoms with Crippen LogP contribution in [-0.2, 0) is 17.5 Å². The van der Waals surface area contributed by atoms with Crippen molar-refractivity contribution in [2.45, 2.75) is 18.8 Å². The van der Waals surface area contributed by atoms with Gasteiger partial charge in [0.25, 0.3) is 0 Å². The molecule has 0 aliphatic heterocycles. The normalized spacial score (nSPS) is 12.4. The van der Waals surface area contributed by atoms with Gasteiger partial charge in [0.1, 0.15) is 11.9 Å². The Bertz CT molecular complexity index is 957. The fourth-order valence-electron chi connectivity index (χ4n) is 2.82. The van der Waals surface area contributed by atoms with Gasteiger partial charge in [0.05, 0.1) is 5.56 Å². The van der Waals surface area contributed by atoms with Gasteiger partial charge in [-0.15, -0.1) is 0 Å².